The van der Waals surface area contributed by atoms with Crippen molar-refractivity contribution >= 4 is 27.5 Å². The standard InChI is InChI=1S/C12H13BrClN3/c1-17-10(5-6-15)16-12(14)11(17)8-3-2-4-9(13)7-8/h2-4,7H,5-6,15H2,1H3. The van der Waals surface area contributed by atoms with Crippen molar-refractivity contribution in [3.8, 4) is 11.3 Å². The first kappa shape index (κ1) is 12.6. The Labute approximate surface area is 114 Å². The smallest absolute Gasteiger partial charge is 0.155 e. The fourth-order valence-corrected chi connectivity index (χ4v) is 2.54. The molecule has 0 amide bonds. The maximum Gasteiger partial charge on any atom is 0.155 e. The number of nitrogens with two attached hydrogens (primary N) is 1. The fraction of sp³-hybridized carbons (Fsp3) is 0.250. The molecule has 5 heteroatoms. The minimum Gasteiger partial charge on any atom is -0.330 e. The van der Waals surface area contributed by atoms with Crippen molar-refractivity contribution in [3.63, 3.8) is 0 Å². The lowest BCUT2D eigenvalue weighted by atomic mass is 10.2. The molecule has 2 N–H and O–H groups in total. The van der Waals surface area contributed by atoms with Gasteiger partial charge in [0.05, 0.1) is 5.69 Å². The number of rotatable bonds is 3. The van der Waals surface area contributed by atoms with Crippen LogP contribution in [0.3, 0.4) is 0 Å². The summed E-state index contributed by atoms with van der Waals surface area (Å²) in [5.41, 5.74) is 7.52. The Hall–Kier alpha value is -0.840. The van der Waals surface area contributed by atoms with Crippen LogP contribution in [0.5, 0.6) is 0 Å². The zero-order valence-corrected chi connectivity index (χ0v) is 11.8. The molecule has 0 radical (unpaired) electrons. The monoisotopic (exact) mass is 313 g/mol. The highest BCUT2D eigenvalue weighted by Crippen LogP contribution is 2.29. The molecule has 3 nitrogen and oxygen atoms in total. The van der Waals surface area contributed by atoms with E-state index in [0.717, 1.165) is 28.0 Å². The maximum atomic E-state index is 6.18. The van der Waals surface area contributed by atoms with Crippen LogP contribution < -0.4 is 5.73 Å². The van der Waals surface area contributed by atoms with Gasteiger partial charge in [-0.05, 0) is 18.7 Å². The van der Waals surface area contributed by atoms with Crippen molar-refractivity contribution in [2.75, 3.05) is 6.54 Å². The van der Waals surface area contributed by atoms with E-state index in [4.69, 9.17) is 17.3 Å². The molecule has 2 aromatic rings. The number of nitrogens with zero attached hydrogens (tertiary/aromatic N) is 2. The molecule has 1 aromatic heterocycles. The summed E-state index contributed by atoms with van der Waals surface area (Å²) in [6, 6.07) is 7.99. The van der Waals surface area contributed by atoms with Gasteiger partial charge in [-0.2, -0.15) is 0 Å². The molecule has 0 unspecified atom stereocenters. The normalized spacial score (nSPS) is 10.8. The van der Waals surface area contributed by atoms with Gasteiger partial charge in [-0.15, -0.1) is 0 Å². The lowest BCUT2D eigenvalue weighted by Gasteiger charge is -2.06. The largest absolute Gasteiger partial charge is 0.330 e. The Morgan fingerprint density at radius 2 is 2.24 bits per heavy atom. The van der Waals surface area contributed by atoms with Gasteiger partial charge in [0.2, 0.25) is 0 Å². The van der Waals surface area contributed by atoms with Crippen LogP contribution in [-0.2, 0) is 13.5 Å². The van der Waals surface area contributed by atoms with Gasteiger partial charge in [0.15, 0.2) is 5.15 Å². The summed E-state index contributed by atoms with van der Waals surface area (Å²) in [7, 11) is 1.96. The third-order valence-corrected chi connectivity index (χ3v) is 3.37. The van der Waals surface area contributed by atoms with Gasteiger partial charge >= 0.3 is 0 Å². The van der Waals surface area contributed by atoms with Gasteiger partial charge in [-0.3, -0.25) is 0 Å². The van der Waals surface area contributed by atoms with Crippen molar-refractivity contribution in [2.24, 2.45) is 12.8 Å². The summed E-state index contributed by atoms with van der Waals surface area (Å²) in [4.78, 5) is 4.34. The molecule has 1 heterocycles. The quantitative estimate of drug-likeness (QED) is 0.946. The highest BCUT2D eigenvalue weighted by atomic mass is 79.9. The molecular formula is C12H13BrClN3. The van der Waals surface area contributed by atoms with Crippen LogP contribution in [0.4, 0.5) is 0 Å². The van der Waals surface area contributed by atoms with Crippen molar-refractivity contribution in [1.82, 2.24) is 9.55 Å². The molecule has 1 aromatic carbocycles. The zero-order chi connectivity index (χ0) is 12.4. The van der Waals surface area contributed by atoms with Crippen LogP contribution in [0.25, 0.3) is 11.3 Å². The Morgan fingerprint density at radius 1 is 1.47 bits per heavy atom. The van der Waals surface area contributed by atoms with E-state index < -0.39 is 0 Å². The van der Waals surface area contributed by atoms with Crippen molar-refractivity contribution in [3.05, 3.63) is 39.7 Å². The maximum absolute atomic E-state index is 6.18. The summed E-state index contributed by atoms with van der Waals surface area (Å²) < 4.78 is 3.02. The number of benzene rings is 1. The Kier molecular flexibility index (Phi) is 3.86. The molecule has 0 spiro atoms. The van der Waals surface area contributed by atoms with E-state index in [0.29, 0.717) is 11.7 Å². The molecule has 90 valence electrons. The second kappa shape index (κ2) is 5.21. The summed E-state index contributed by atoms with van der Waals surface area (Å²) in [5, 5.41) is 0.522. The molecule has 0 saturated heterocycles. The summed E-state index contributed by atoms with van der Waals surface area (Å²) in [5.74, 6) is 0.910. The van der Waals surface area contributed by atoms with Crippen LogP contribution in [0.15, 0.2) is 28.7 Å². The van der Waals surface area contributed by atoms with Crippen LogP contribution in [0.2, 0.25) is 5.15 Å². The second-order valence-electron chi connectivity index (χ2n) is 3.78. The Bertz CT molecular complexity index is 537. The lowest BCUT2D eigenvalue weighted by molar-refractivity contribution is 0.782. The fourth-order valence-electron chi connectivity index (χ4n) is 1.81. The molecule has 2 rings (SSSR count). The number of hydrogen-bond acceptors (Lipinski definition) is 2. The van der Waals surface area contributed by atoms with Crippen LogP contribution in [0, 0.1) is 0 Å². The van der Waals surface area contributed by atoms with E-state index in [9.17, 15) is 0 Å². The average Bonchev–Trinajstić information content (AvgIpc) is 2.55. The van der Waals surface area contributed by atoms with Gasteiger partial charge in [-0.1, -0.05) is 39.7 Å². The second-order valence-corrected chi connectivity index (χ2v) is 5.05. The van der Waals surface area contributed by atoms with Crippen molar-refractivity contribution in [1.29, 1.82) is 0 Å². The minimum absolute atomic E-state index is 0.522. The van der Waals surface area contributed by atoms with E-state index in [1.165, 1.54) is 0 Å². The molecule has 0 fully saturated rings. The molecule has 17 heavy (non-hydrogen) atoms. The summed E-state index contributed by atoms with van der Waals surface area (Å²) >= 11 is 9.64. The van der Waals surface area contributed by atoms with Crippen LogP contribution in [0.1, 0.15) is 5.82 Å². The third-order valence-electron chi connectivity index (χ3n) is 2.61. The highest BCUT2D eigenvalue weighted by molar-refractivity contribution is 9.10. The SMILES string of the molecule is Cn1c(CCN)nc(Cl)c1-c1cccc(Br)c1. The minimum atomic E-state index is 0.522. The number of aromatic nitrogens is 2. The van der Waals surface area contributed by atoms with Gasteiger partial charge < -0.3 is 10.3 Å². The summed E-state index contributed by atoms with van der Waals surface area (Å²) in [6.07, 6.45) is 0.726. The Morgan fingerprint density at radius 3 is 2.88 bits per heavy atom. The molecule has 0 atom stereocenters. The van der Waals surface area contributed by atoms with Gasteiger partial charge in [0.1, 0.15) is 5.82 Å². The molecule has 0 aliphatic carbocycles. The lowest BCUT2D eigenvalue weighted by Crippen LogP contribution is -2.08. The number of halogens is 2. The van der Waals surface area contributed by atoms with Crippen LogP contribution in [-0.4, -0.2) is 16.1 Å². The Balaban J connectivity index is 2.52. The van der Waals surface area contributed by atoms with E-state index >= 15 is 0 Å². The number of imidazole rings is 1. The molecule has 0 bridgehead atoms. The molecule has 0 saturated carbocycles. The first-order chi connectivity index (χ1) is 8.13. The van der Waals surface area contributed by atoms with Gasteiger partial charge in [0.25, 0.3) is 0 Å². The topological polar surface area (TPSA) is 43.8 Å². The first-order valence-corrected chi connectivity index (χ1v) is 6.47. The van der Waals surface area contributed by atoms with E-state index in [2.05, 4.69) is 20.9 Å². The zero-order valence-electron chi connectivity index (χ0n) is 9.45. The predicted molar refractivity (Wildman–Crippen MR) is 74.1 cm³/mol. The predicted octanol–water partition coefficient (Wildman–Crippen LogP) is 3.00. The van der Waals surface area contributed by atoms with Gasteiger partial charge in [0, 0.05) is 23.5 Å². The summed E-state index contributed by atoms with van der Waals surface area (Å²) in [6.45, 7) is 0.569. The molecule has 0 aliphatic rings. The molecular weight excluding hydrogens is 302 g/mol. The molecule has 0 aliphatic heterocycles. The number of hydrogen-bond donors (Lipinski definition) is 1. The third kappa shape index (κ3) is 2.54. The highest BCUT2D eigenvalue weighted by Gasteiger charge is 2.14. The van der Waals surface area contributed by atoms with E-state index in [-0.39, 0.29) is 0 Å². The first-order valence-electron chi connectivity index (χ1n) is 5.30. The van der Waals surface area contributed by atoms with Crippen LogP contribution >= 0.6 is 27.5 Å². The average molecular weight is 315 g/mol. The van der Waals surface area contributed by atoms with Crippen molar-refractivity contribution in [2.45, 2.75) is 6.42 Å². The van der Waals surface area contributed by atoms with Crippen molar-refractivity contribution < 1.29 is 0 Å². The van der Waals surface area contributed by atoms with Gasteiger partial charge in [-0.25, -0.2) is 4.98 Å². The van der Waals surface area contributed by atoms with E-state index in [1.54, 1.807) is 0 Å². The van der Waals surface area contributed by atoms with E-state index in [1.807, 2.05) is 35.9 Å².